The first-order chi connectivity index (χ1) is 9.39. The van der Waals surface area contributed by atoms with Crippen molar-refractivity contribution in [2.24, 2.45) is 0 Å². The summed E-state index contributed by atoms with van der Waals surface area (Å²) in [6.07, 6.45) is 4.02. The summed E-state index contributed by atoms with van der Waals surface area (Å²) >= 11 is 0. The van der Waals surface area contributed by atoms with Gasteiger partial charge in [-0.3, -0.25) is 4.68 Å². The third-order valence-corrected chi connectivity index (χ3v) is 3.35. The predicted octanol–water partition coefficient (Wildman–Crippen LogP) is 4.02. The normalized spacial score (nSPS) is 13.4. The first kappa shape index (κ1) is 14.8. The molecule has 2 rings (SSSR count). The molecule has 1 aromatic heterocycles. The molecule has 1 atom stereocenters. The Morgan fingerprint density at radius 3 is 2.30 bits per heavy atom. The Morgan fingerprint density at radius 1 is 1.15 bits per heavy atom. The van der Waals surface area contributed by atoms with E-state index in [1.807, 2.05) is 10.9 Å². The van der Waals surface area contributed by atoms with Gasteiger partial charge in [-0.05, 0) is 45.7 Å². The van der Waals surface area contributed by atoms with E-state index in [1.165, 1.54) is 16.7 Å². The van der Waals surface area contributed by atoms with E-state index in [0.29, 0.717) is 6.04 Å². The number of benzene rings is 1. The summed E-state index contributed by atoms with van der Waals surface area (Å²) in [6.45, 7) is 11.8. The van der Waals surface area contributed by atoms with E-state index in [0.717, 1.165) is 6.54 Å². The van der Waals surface area contributed by atoms with Crippen LogP contribution in [0, 0.1) is 0 Å². The zero-order chi connectivity index (χ0) is 14.8. The summed E-state index contributed by atoms with van der Waals surface area (Å²) in [6, 6.07) is 9.09. The molecule has 1 unspecified atom stereocenters. The van der Waals surface area contributed by atoms with Gasteiger partial charge in [0, 0.05) is 29.9 Å². The highest BCUT2D eigenvalue weighted by Gasteiger charge is 2.14. The molecule has 0 spiro atoms. The van der Waals surface area contributed by atoms with Gasteiger partial charge >= 0.3 is 0 Å². The van der Waals surface area contributed by atoms with Crippen molar-refractivity contribution >= 4 is 0 Å². The molecule has 2 aromatic rings. The number of aromatic nitrogens is 2. The number of hydrogen-bond donors (Lipinski definition) is 1. The zero-order valence-electron chi connectivity index (χ0n) is 13.1. The Morgan fingerprint density at radius 2 is 1.80 bits per heavy atom. The molecule has 0 saturated carbocycles. The maximum Gasteiger partial charge on any atom is 0.0568 e. The largest absolute Gasteiger partial charge is 0.306 e. The highest BCUT2D eigenvalue weighted by atomic mass is 15.3. The Kier molecular flexibility index (Phi) is 4.29. The quantitative estimate of drug-likeness (QED) is 0.910. The van der Waals surface area contributed by atoms with E-state index in [1.54, 1.807) is 0 Å². The first-order valence-electron chi connectivity index (χ1n) is 7.29. The maximum atomic E-state index is 4.32. The maximum absolute atomic E-state index is 4.32. The predicted molar refractivity (Wildman–Crippen MR) is 84.6 cm³/mol. The van der Waals surface area contributed by atoms with Crippen LogP contribution >= 0.6 is 0 Å². The third kappa shape index (κ3) is 3.70. The minimum absolute atomic E-state index is 0.125. The number of aryl methyl sites for hydroxylation is 1. The molecule has 108 valence electrons. The monoisotopic (exact) mass is 271 g/mol. The summed E-state index contributed by atoms with van der Waals surface area (Å²) in [5.41, 5.74) is 3.83. The average Bonchev–Trinajstić information content (AvgIpc) is 2.85. The molecule has 1 aromatic carbocycles. The van der Waals surface area contributed by atoms with Gasteiger partial charge in [-0.1, -0.05) is 24.3 Å². The van der Waals surface area contributed by atoms with Crippen LogP contribution in [-0.4, -0.2) is 15.3 Å². The van der Waals surface area contributed by atoms with Gasteiger partial charge in [0.25, 0.3) is 0 Å². The van der Waals surface area contributed by atoms with Crippen LogP contribution in [0.3, 0.4) is 0 Å². The lowest BCUT2D eigenvalue weighted by Crippen LogP contribution is -2.37. The number of nitrogens with zero attached hydrogens (tertiary/aromatic N) is 2. The van der Waals surface area contributed by atoms with Crippen molar-refractivity contribution in [3.8, 4) is 11.1 Å². The average molecular weight is 271 g/mol. The topological polar surface area (TPSA) is 29.9 Å². The summed E-state index contributed by atoms with van der Waals surface area (Å²) in [5.74, 6) is 0. The summed E-state index contributed by atoms with van der Waals surface area (Å²) in [7, 11) is 0. The molecule has 0 amide bonds. The van der Waals surface area contributed by atoms with Crippen LogP contribution in [0.2, 0.25) is 0 Å². The second-order valence-corrected chi connectivity index (χ2v) is 6.32. The standard InChI is InChI=1S/C17H25N3/c1-6-20-12-16(11-18-20)15-9-7-14(8-10-15)13(2)19-17(3,4)5/h7-13,19H,6H2,1-5H3. The Bertz CT molecular complexity index is 546. The fourth-order valence-corrected chi connectivity index (χ4v) is 2.38. The SMILES string of the molecule is CCn1cc(-c2ccc(C(C)NC(C)(C)C)cc2)cn1. The van der Waals surface area contributed by atoms with Crippen molar-refractivity contribution in [3.05, 3.63) is 42.2 Å². The fourth-order valence-electron chi connectivity index (χ4n) is 2.38. The van der Waals surface area contributed by atoms with Crippen molar-refractivity contribution in [2.45, 2.75) is 52.7 Å². The Balaban J connectivity index is 2.13. The molecule has 3 nitrogen and oxygen atoms in total. The molecule has 3 heteroatoms. The van der Waals surface area contributed by atoms with Crippen LogP contribution in [0.5, 0.6) is 0 Å². The molecule has 0 bridgehead atoms. The Hall–Kier alpha value is -1.61. The molecule has 0 aliphatic carbocycles. The molecule has 0 saturated heterocycles. The van der Waals surface area contributed by atoms with Crippen LogP contribution in [0.4, 0.5) is 0 Å². The van der Waals surface area contributed by atoms with Crippen molar-refractivity contribution in [1.82, 2.24) is 15.1 Å². The minimum atomic E-state index is 0.125. The van der Waals surface area contributed by atoms with Crippen LogP contribution < -0.4 is 5.32 Å². The van der Waals surface area contributed by atoms with E-state index in [4.69, 9.17) is 0 Å². The van der Waals surface area contributed by atoms with Crippen LogP contribution in [-0.2, 0) is 6.54 Å². The molecule has 0 aliphatic heterocycles. The lowest BCUT2D eigenvalue weighted by Gasteiger charge is -2.26. The van der Waals surface area contributed by atoms with Crippen LogP contribution in [0.25, 0.3) is 11.1 Å². The van der Waals surface area contributed by atoms with Gasteiger partial charge in [-0.15, -0.1) is 0 Å². The van der Waals surface area contributed by atoms with Gasteiger partial charge in [-0.2, -0.15) is 5.10 Å². The van der Waals surface area contributed by atoms with Crippen LogP contribution in [0.15, 0.2) is 36.7 Å². The van der Waals surface area contributed by atoms with Gasteiger partial charge in [0.1, 0.15) is 0 Å². The number of rotatable bonds is 4. The second-order valence-electron chi connectivity index (χ2n) is 6.32. The van der Waals surface area contributed by atoms with E-state index >= 15 is 0 Å². The molecule has 0 aliphatic rings. The van der Waals surface area contributed by atoms with Crippen molar-refractivity contribution in [2.75, 3.05) is 0 Å². The van der Waals surface area contributed by atoms with E-state index in [-0.39, 0.29) is 5.54 Å². The van der Waals surface area contributed by atoms with Gasteiger partial charge in [0.05, 0.1) is 6.20 Å². The molecular weight excluding hydrogens is 246 g/mol. The number of hydrogen-bond acceptors (Lipinski definition) is 2. The molecular formula is C17H25N3. The summed E-state index contributed by atoms with van der Waals surface area (Å²) in [4.78, 5) is 0. The highest BCUT2D eigenvalue weighted by molar-refractivity contribution is 5.62. The third-order valence-electron chi connectivity index (χ3n) is 3.35. The lowest BCUT2D eigenvalue weighted by molar-refractivity contribution is 0.378. The van der Waals surface area contributed by atoms with Crippen molar-refractivity contribution < 1.29 is 0 Å². The molecule has 20 heavy (non-hydrogen) atoms. The molecule has 1 N–H and O–H groups in total. The smallest absolute Gasteiger partial charge is 0.0568 e. The van der Waals surface area contributed by atoms with Gasteiger partial charge in [-0.25, -0.2) is 0 Å². The minimum Gasteiger partial charge on any atom is -0.306 e. The zero-order valence-corrected chi connectivity index (χ0v) is 13.1. The fraction of sp³-hybridized carbons (Fsp3) is 0.471. The lowest BCUT2D eigenvalue weighted by atomic mass is 10.0. The molecule has 1 heterocycles. The second kappa shape index (κ2) is 5.80. The van der Waals surface area contributed by atoms with Gasteiger partial charge in [0.2, 0.25) is 0 Å². The molecule has 0 fully saturated rings. The summed E-state index contributed by atoms with van der Waals surface area (Å²) in [5, 5.41) is 7.91. The highest BCUT2D eigenvalue weighted by Crippen LogP contribution is 2.22. The first-order valence-corrected chi connectivity index (χ1v) is 7.29. The van der Waals surface area contributed by atoms with Gasteiger partial charge < -0.3 is 5.32 Å². The summed E-state index contributed by atoms with van der Waals surface area (Å²) < 4.78 is 1.95. The Labute approximate surface area is 122 Å². The van der Waals surface area contributed by atoms with Crippen molar-refractivity contribution in [1.29, 1.82) is 0 Å². The van der Waals surface area contributed by atoms with E-state index in [9.17, 15) is 0 Å². The van der Waals surface area contributed by atoms with Crippen molar-refractivity contribution in [3.63, 3.8) is 0 Å². The van der Waals surface area contributed by atoms with E-state index in [2.05, 4.69) is 75.5 Å². The van der Waals surface area contributed by atoms with E-state index < -0.39 is 0 Å². The number of nitrogens with one attached hydrogen (secondary N) is 1. The van der Waals surface area contributed by atoms with Gasteiger partial charge in [0.15, 0.2) is 0 Å². The van der Waals surface area contributed by atoms with Crippen LogP contribution in [0.1, 0.15) is 46.2 Å². The molecule has 0 radical (unpaired) electrons.